The highest BCUT2D eigenvalue weighted by Crippen LogP contribution is 2.44. The summed E-state index contributed by atoms with van der Waals surface area (Å²) in [6.07, 6.45) is 2.50. The third-order valence-electron chi connectivity index (χ3n) is 2.98. The maximum absolute atomic E-state index is 6.19. The summed E-state index contributed by atoms with van der Waals surface area (Å²) < 4.78 is 0. The summed E-state index contributed by atoms with van der Waals surface area (Å²) in [5.74, 6) is 0.640. The molecular formula is C13H13ClN2S. The van der Waals surface area contributed by atoms with Crippen molar-refractivity contribution < 1.29 is 0 Å². The molecule has 1 fully saturated rings. The number of thiazole rings is 1. The van der Waals surface area contributed by atoms with Crippen LogP contribution >= 0.6 is 22.9 Å². The van der Waals surface area contributed by atoms with E-state index in [1.807, 2.05) is 24.3 Å². The van der Waals surface area contributed by atoms with Crippen LogP contribution in [0.3, 0.4) is 0 Å². The number of nitrogens with zero attached hydrogens (tertiary/aromatic N) is 1. The van der Waals surface area contributed by atoms with Gasteiger partial charge >= 0.3 is 0 Å². The molecule has 0 bridgehead atoms. The average Bonchev–Trinajstić information content (AvgIpc) is 3.10. The van der Waals surface area contributed by atoms with Gasteiger partial charge in [0.2, 0.25) is 0 Å². The Morgan fingerprint density at radius 3 is 2.76 bits per heavy atom. The Hall–Kier alpha value is -0.900. The largest absolute Gasteiger partial charge is 0.326 e. The molecule has 17 heavy (non-hydrogen) atoms. The van der Waals surface area contributed by atoms with Gasteiger partial charge in [-0.1, -0.05) is 29.8 Å². The molecule has 3 rings (SSSR count). The number of hydrogen-bond donors (Lipinski definition) is 1. The van der Waals surface area contributed by atoms with Gasteiger partial charge in [-0.05, 0) is 18.9 Å². The number of halogens is 1. The summed E-state index contributed by atoms with van der Waals surface area (Å²) in [6, 6.07) is 7.84. The van der Waals surface area contributed by atoms with E-state index < -0.39 is 0 Å². The van der Waals surface area contributed by atoms with Gasteiger partial charge in [0.25, 0.3) is 0 Å². The van der Waals surface area contributed by atoms with Crippen LogP contribution in [0.1, 0.15) is 29.3 Å². The lowest BCUT2D eigenvalue weighted by atomic mass is 10.2. The highest BCUT2D eigenvalue weighted by molar-refractivity contribution is 7.15. The van der Waals surface area contributed by atoms with Crippen molar-refractivity contribution in [3.63, 3.8) is 0 Å². The van der Waals surface area contributed by atoms with E-state index in [0.29, 0.717) is 12.5 Å². The summed E-state index contributed by atoms with van der Waals surface area (Å²) in [7, 11) is 0. The van der Waals surface area contributed by atoms with Gasteiger partial charge in [0.1, 0.15) is 5.01 Å². The van der Waals surface area contributed by atoms with E-state index in [2.05, 4.69) is 0 Å². The summed E-state index contributed by atoms with van der Waals surface area (Å²) in [6.45, 7) is 0.577. The zero-order valence-electron chi connectivity index (χ0n) is 9.32. The third-order valence-corrected chi connectivity index (χ3v) is 4.44. The molecule has 0 saturated heterocycles. The second kappa shape index (κ2) is 4.41. The Morgan fingerprint density at radius 1 is 1.35 bits per heavy atom. The fourth-order valence-corrected chi connectivity index (χ4v) is 3.28. The Kier molecular flexibility index (Phi) is 2.90. The molecule has 0 atom stereocenters. The van der Waals surface area contributed by atoms with E-state index >= 15 is 0 Å². The second-order valence-electron chi connectivity index (χ2n) is 4.29. The average molecular weight is 265 g/mol. The molecule has 4 heteroatoms. The van der Waals surface area contributed by atoms with Crippen LogP contribution < -0.4 is 5.73 Å². The molecule has 1 aromatic heterocycles. The maximum Gasteiger partial charge on any atom is 0.125 e. The van der Waals surface area contributed by atoms with E-state index in [0.717, 1.165) is 15.6 Å². The van der Waals surface area contributed by atoms with Gasteiger partial charge in [0, 0.05) is 22.9 Å². The van der Waals surface area contributed by atoms with Crippen molar-refractivity contribution >= 4 is 22.9 Å². The molecule has 1 saturated carbocycles. The van der Waals surface area contributed by atoms with Crippen molar-refractivity contribution in [1.82, 2.24) is 4.98 Å². The van der Waals surface area contributed by atoms with Crippen LogP contribution in [0.5, 0.6) is 0 Å². The lowest BCUT2D eigenvalue weighted by Crippen LogP contribution is -1.96. The first kappa shape index (κ1) is 11.2. The van der Waals surface area contributed by atoms with Crippen LogP contribution in [0.15, 0.2) is 24.3 Å². The van der Waals surface area contributed by atoms with E-state index in [9.17, 15) is 0 Å². The molecule has 1 aliphatic rings. The molecule has 88 valence electrons. The van der Waals surface area contributed by atoms with Crippen LogP contribution in [0, 0.1) is 0 Å². The standard InChI is InChI=1S/C13H13ClN2S/c14-10-4-2-1-3-9(10)13-16-12(8-5-6-8)11(7-15)17-13/h1-4,8H,5-7,15H2. The SMILES string of the molecule is NCc1sc(-c2ccccc2Cl)nc1C1CC1. The minimum atomic E-state index is 0.577. The molecule has 1 heterocycles. The summed E-state index contributed by atoms with van der Waals surface area (Å²) >= 11 is 7.87. The third kappa shape index (κ3) is 2.10. The minimum absolute atomic E-state index is 0.577. The van der Waals surface area contributed by atoms with Gasteiger partial charge in [-0.2, -0.15) is 0 Å². The highest BCUT2D eigenvalue weighted by Gasteiger charge is 2.29. The Labute approximate surface area is 109 Å². The van der Waals surface area contributed by atoms with Crippen LogP contribution in [-0.4, -0.2) is 4.98 Å². The summed E-state index contributed by atoms with van der Waals surface area (Å²) in [5, 5.41) is 1.75. The topological polar surface area (TPSA) is 38.9 Å². The van der Waals surface area contributed by atoms with Crippen LogP contribution in [0.25, 0.3) is 10.6 Å². The molecule has 2 nitrogen and oxygen atoms in total. The summed E-state index contributed by atoms with van der Waals surface area (Å²) in [4.78, 5) is 5.94. The zero-order valence-corrected chi connectivity index (χ0v) is 10.9. The van der Waals surface area contributed by atoms with E-state index in [1.165, 1.54) is 23.4 Å². The molecule has 0 spiro atoms. The minimum Gasteiger partial charge on any atom is -0.326 e. The van der Waals surface area contributed by atoms with Crippen molar-refractivity contribution in [2.24, 2.45) is 5.73 Å². The van der Waals surface area contributed by atoms with Gasteiger partial charge in [0.15, 0.2) is 0 Å². The molecule has 0 amide bonds. The van der Waals surface area contributed by atoms with Crippen molar-refractivity contribution in [2.75, 3.05) is 0 Å². The molecule has 2 N–H and O–H groups in total. The first-order valence-corrected chi connectivity index (χ1v) is 6.93. The Morgan fingerprint density at radius 2 is 2.12 bits per heavy atom. The molecule has 1 aliphatic carbocycles. The van der Waals surface area contributed by atoms with E-state index in [4.69, 9.17) is 22.3 Å². The zero-order chi connectivity index (χ0) is 11.8. The van der Waals surface area contributed by atoms with Crippen molar-refractivity contribution in [2.45, 2.75) is 25.3 Å². The van der Waals surface area contributed by atoms with Crippen molar-refractivity contribution in [1.29, 1.82) is 0 Å². The maximum atomic E-state index is 6.19. The van der Waals surface area contributed by atoms with Gasteiger partial charge in [0.05, 0.1) is 10.7 Å². The molecule has 0 aliphatic heterocycles. The van der Waals surface area contributed by atoms with Crippen molar-refractivity contribution in [3.05, 3.63) is 39.9 Å². The van der Waals surface area contributed by atoms with E-state index in [-0.39, 0.29) is 0 Å². The smallest absolute Gasteiger partial charge is 0.125 e. The normalized spacial score (nSPS) is 15.2. The van der Waals surface area contributed by atoms with E-state index in [1.54, 1.807) is 11.3 Å². The van der Waals surface area contributed by atoms with Crippen LogP contribution in [0.2, 0.25) is 5.02 Å². The van der Waals surface area contributed by atoms with Gasteiger partial charge < -0.3 is 5.73 Å². The van der Waals surface area contributed by atoms with Crippen LogP contribution in [-0.2, 0) is 6.54 Å². The number of nitrogens with two attached hydrogens (primary N) is 1. The number of rotatable bonds is 3. The number of aromatic nitrogens is 1. The Balaban J connectivity index is 2.06. The first-order valence-electron chi connectivity index (χ1n) is 5.74. The molecule has 2 aromatic rings. The number of hydrogen-bond acceptors (Lipinski definition) is 3. The monoisotopic (exact) mass is 264 g/mol. The quantitative estimate of drug-likeness (QED) is 0.916. The first-order chi connectivity index (χ1) is 8.29. The highest BCUT2D eigenvalue weighted by atomic mass is 35.5. The van der Waals surface area contributed by atoms with Crippen molar-refractivity contribution in [3.8, 4) is 10.6 Å². The lowest BCUT2D eigenvalue weighted by Gasteiger charge is -1.98. The van der Waals surface area contributed by atoms with Gasteiger partial charge in [-0.25, -0.2) is 4.98 Å². The predicted octanol–water partition coefficient (Wildman–Crippen LogP) is 3.80. The molecule has 1 aromatic carbocycles. The molecule has 0 radical (unpaired) electrons. The number of benzene rings is 1. The summed E-state index contributed by atoms with van der Waals surface area (Å²) in [5.41, 5.74) is 8.00. The fraction of sp³-hybridized carbons (Fsp3) is 0.308. The van der Waals surface area contributed by atoms with Gasteiger partial charge in [-0.15, -0.1) is 11.3 Å². The molecule has 0 unspecified atom stereocenters. The Bertz CT molecular complexity index is 546. The van der Waals surface area contributed by atoms with Crippen LogP contribution in [0.4, 0.5) is 0 Å². The fourth-order valence-electron chi connectivity index (χ4n) is 1.94. The second-order valence-corrected chi connectivity index (χ2v) is 5.78. The van der Waals surface area contributed by atoms with Gasteiger partial charge in [-0.3, -0.25) is 0 Å². The predicted molar refractivity (Wildman–Crippen MR) is 72.4 cm³/mol. The molecular weight excluding hydrogens is 252 g/mol. The lowest BCUT2D eigenvalue weighted by molar-refractivity contribution is 0.980.